The monoisotopic (exact) mass is 276 g/mol. The van der Waals surface area contributed by atoms with Crippen molar-refractivity contribution in [2.24, 2.45) is 5.84 Å². The lowest BCUT2D eigenvalue weighted by Gasteiger charge is -1.98. The van der Waals surface area contributed by atoms with Gasteiger partial charge in [-0.1, -0.05) is 0 Å². The smallest absolute Gasteiger partial charge is 0.194 e. The first kappa shape index (κ1) is 7.68. The average Bonchev–Trinajstić information content (AvgIpc) is 2.50. The second-order valence-electron chi connectivity index (χ2n) is 2.09. The molecule has 2 heterocycles. The zero-order valence-electron chi connectivity index (χ0n) is 5.87. The van der Waals surface area contributed by atoms with Gasteiger partial charge in [-0.2, -0.15) is 0 Å². The number of aromatic amines is 1. The van der Waals surface area contributed by atoms with Crippen LogP contribution in [-0.4, -0.2) is 19.9 Å². The molecular formula is C5H5IN6. The van der Waals surface area contributed by atoms with Crippen LogP contribution < -0.4 is 11.3 Å². The maximum atomic E-state index is 5.25. The summed E-state index contributed by atoms with van der Waals surface area (Å²) in [5.41, 5.74) is 3.80. The number of aromatic nitrogens is 4. The molecule has 0 saturated carbocycles. The van der Waals surface area contributed by atoms with E-state index in [1.54, 1.807) is 6.33 Å². The number of nitrogens with one attached hydrogen (secondary N) is 2. The molecule has 0 aliphatic carbocycles. The highest BCUT2D eigenvalue weighted by molar-refractivity contribution is 14.1. The maximum absolute atomic E-state index is 5.25. The Morgan fingerprint density at radius 1 is 1.50 bits per heavy atom. The number of hydrogen-bond donors (Lipinski definition) is 3. The van der Waals surface area contributed by atoms with Crippen LogP contribution >= 0.6 is 22.6 Å². The van der Waals surface area contributed by atoms with Crippen LogP contribution in [0.2, 0.25) is 0 Å². The van der Waals surface area contributed by atoms with E-state index in [2.05, 4.69) is 25.4 Å². The van der Waals surface area contributed by atoms with Crippen molar-refractivity contribution in [3.05, 3.63) is 10.2 Å². The number of hydrogen-bond acceptors (Lipinski definition) is 5. The summed E-state index contributed by atoms with van der Waals surface area (Å²) >= 11 is 2.00. The molecule has 0 aliphatic heterocycles. The third-order valence-electron chi connectivity index (χ3n) is 1.40. The first-order valence-electron chi connectivity index (χ1n) is 3.14. The molecule has 0 amide bonds. The molecule has 0 aromatic carbocycles. The fourth-order valence-corrected chi connectivity index (χ4v) is 1.38. The van der Waals surface area contributed by atoms with Crippen LogP contribution in [0, 0.1) is 3.83 Å². The van der Waals surface area contributed by atoms with Crippen molar-refractivity contribution < 1.29 is 0 Å². The highest BCUT2D eigenvalue weighted by atomic mass is 127. The van der Waals surface area contributed by atoms with Crippen molar-refractivity contribution in [1.82, 2.24) is 19.9 Å². The summed E-state index contributed by atoms with van der Waals surface area (Å²) < 4.78 is 0.611. The molecule has 2 aromatic heterocycles. The van der Waals surface area contributed by atoms with Crippen LogP contribution in [0.5, 0.6) is 0 Å². The van der Waals surface area contributed by atoms with Gasteiger partial charge in [0.25, 0.3) is 0 Å². The Morgan fingerprint density at radius 2 is 2.33 bits per heavy atom. The molecule has 2 rings (SSSR count). The number of nitrogens with two attached hydrogens (primary N) is 1. The number of hydrazine groups is 1. The van der Waals surface area contributed by atoms with E-state index in [0.717, 1.165) is 5.52 Å². The Morgan fingerprint density at radius 3 is 3.08 bits per heavy atom. The van der Waals surface area contributed by atoms with Crippen LogP contribution in [0.4, 0.5) is 5.82 Å². The summed E-state index contributed by atoms with van der Waals surface area (Å²) in [7, 11) is 0. The van der Waals surface area contributed by atoms with Crippen molar-refractivity contribution in [3.8, 4) is 0 Å². The zero-order valence-corrected chi connectivity index (χ0v) is 8.03. The highest BCUT2D eigenvalue weighted by Gasteiger charge is 2.05. The Kier molecular flexibility index (Phi) is 1.81. The topological polar surface area (TPSA) is 92.5 Å². The van der Waals surface area contributed by atoms with Crippen molar-refractivity contribution in [2.45, 2.75) is 0 Å². The molecule has 7 heteroatoms. The standard InChI is InChI=1S/C5H5IN6/c6-5-10-3-2(8-1-9-3)4(11-5)12-7/h1H,7H2,(H2,8,9,10,11,12). The second-order valence-corrected chi connectivity index (χ2v) is 3.05. The molecule has 12 heavy (non-hydrogen) atoms. The fraction of sp³-hybridized carbons (Fsp3) is 0. The number of nitrogens with zero attached hydrogens (tertiary/aromatic N) is 3. The van der Waals surface area contributed by atoms with Gasteiger partial charge < -0.3 is 10.4 Å². The van der Waals surface area contributed by atoms with Gasteiger partial charge in [-0.15, -0.1) is 0 Å². The van der Waals surface area contributed by atoms with Crippen LogP contribution in [0.1, 0.15) is 0 Å². The molecule has 0 atom stereocenters. The van der Waals surface area contributed by atoms with E-state index in [9.17, 15) is 0 Å². The predicted molar refractivity (Wildman–Crippen MR) is 52.2 cm³/mol. The molecule has 6 nitrogen and oxygen atoms in total. The van der Waals surface area contributed by atoms with Crippen molar-refractivity contribution >= 4 is 39.6 Å². The number of nitrogen functional groups attached to an aromatic ring is 1. The number of H-pyrrole nitrogens is 1. The molecule has 0 aliphatic rings. The molecular weight excluding hydrogens is 271 g/mol. The number of rotatable bonds is 1. The van der Waals surface area contributed by atoms with E-state index in [1.807, 2.05) is 22.6 Å². The fourth-order valence-electron chi connectivity index (χ4n) is 0.911. The average molecular weight is 276 g/mol. The molecule has 0 radical (unpaired) electrons. The van der Waals surface area contributed by atoms with Crippen LogP contribution in [-0.2, 0) is 0 Å². The molecule has 0 spiro atoms. The lowest BCUT2D eigenvalue weighted by molar-refractivity contribution is 1.12. The quantitative estimate of drug-likeness (QED) is 0.300. The number of imidazole rings is 1. The summed E-state index contributed by atoms with van der Waals surface area (Å²) in [5.74, 6) is 5.81. The molecule has 0 unspecified atom stereocenters. The van der Waals surface area contributed by atoms with Crippen LogP contribution in [0.15, 0.2) is 6.33 Å². The predicted octanol–water partition coefficient (Wildman–Crippen LogP) is 0.243. The van der Waals surface area contributed by atoms with E-state index in [1.165, 1.54) is 0 Å². The summed E-state index contributed by atoms with van der Waals surface area (Å²) in [6.07, 6.45) is 1.55. The van der Waals surface area contributed by atoms with E-state index in [0.29, 0.717) is 15.3 Å². The highest BCUT2D eigenvalue weighted by Crippen LogP contribution is 2.15. The Hall–Kier alpha value is -0.960. The van der Waals surface area contributed by atoms with Gasteiger partial charge in [0.15, 0.2) is 15.3 Å². The number of fused-ring (bicyclic) bond motifs is 1. The van der Waals surface area contributed by atoms with Gasteiger partial charge in [0, 0.05) is 22.6 Å². The summed E-state index contributed by atoms with van der Waals surface area (Å²) in [4.78, 5) is 15.0. The molecule has 4 N–H and O–H groups in total. The van der Waals surface area contributed by atoms with Crippen LogP contribution in [0.3, 0.4) is 0 Å². The molecule has 0 saturated heterocycles. The third-order valence-corrected chi connectivity index (χ3v) is 1.88. The first-order chi connectivity index (χ1) is 5.81. The van der Waals surface area contributed by atoms with Gasteiger partial charge in [0.1, 0.15) is 5.52 Å². The zero-order chi connectivity index (χ0) is 8.55. The molecule has 62 valence electrons. The summed E-state index contributed by atoms with van der Waals surface area (Å²) in [6.45, 7) is 0. The minimum atomic E-state index is 0.557. The van der Waals surface area contributed by atoms with Crippen LogP contribution in [0.25, 0.3) is 11.2 Å². The third kappa shape index (κ3) is 1.10. The van der Waals surface area contributed by atoms with E-state index < -0.39 is 0 Å². The minimum Gasteiger partial charge on any atom is -0.340 e. The van der Waals surface area contributed by atoms with Crippen molar-refractivity contribution in [3.63, 3.8) is 0 Å². The molecule has 0 bridgehead atoms. The Bertz CT molecular complexity index is 409. The SMILES string of the molecule is NNc1nc(I)nc2nc[nH]c12. The van der Waals surface area contributed by atoms with E-state index in [4.69, 9.17) is 5.84 Å². The van der Waals surface area contributed by atoms with Gasteiger partial charge in [-0.25, -0.2) is 20.8 Å². The van der Waals surface area contributed by atoms with Gasteiger partial charge in [0.2, 0.25) is 0 Å². The van der Waals surface area contributed by atoms with Crippen molar-refractivity contribution in [2.75, 3.05) is 5.43 Å². The molecule has 0 fully saturated rings. The minimum absolute atomic E-state index is 0.557. The van der Waals surface area contributed by atoms with E-state index >= 15 is 0 Å². The van der Waals surface area contributed by atoms with Gasteiger partial charge in [-0.05, 0) is 0 Å². The van der Waals surface area contributed by atoms with E-state index in [-0.39, 0.29) is 0 Å². The number of anilines is 1. The Labute approximate surface area is 81.1 Å². The maximum Gasteiger partial charge on any atom is 0.194 e. The lowest BCUT2D eigenvalue weighted by Crippen LogP contribution is -2.10. The van der Waals surface area contributed by atoms with Gasteiger partial charge >= 0.3 is 0 Å². The van der Waals surface area contributed by atoms with Gasteiger partial charge in [-0.3, -0.25) is 0 Å². The van der Waals surface area contributed by atoms with Gasteiger partial charge in [0.05, 0.1) is 6.33 Å². The summed E-state index contributed by atoms with van der Waals surface area (Å²) in [6, 6.07) is 0. The lowest BCUT2D eigenvalue weighted by atomic mass is 10.5. The number of halogens is 1. The van der Waals surface area contributed by atoms with Crippen molar-refractivity contribution in [1.29, 1.82) is 0 Å². The normalized spacial score (nSPS) is 10.5. The second kappa shape index (κ2) is 2.83. The largest absolute Gasteiger partial charge is 0.340 e. The first-order valence-corrected chi connectivity index (χ1v) is 4.22. The Balaban J connectivity index is 2.80. The summed E-state index contributed by atoms with van der Waals surface area (Å²) in [5, 5.41) is 0. The molecule has 2 aromatic rings.